The maximum atomic E-state index is 11.1. The van der Waals surface area contributed by atoms with Gasteiger partial charge in [0.1, 0.15) is 0 Å². The fourth-order valence-corrected chi connectivity index (χ4v) is 3.19. The van der Waals surface area contributed by atoms with Gasteiger partial charge < -0.3 is 10.0 Å². The zero-order valence-corrected chi connectivity index (χ0v) is 16.7. The Morgan fingerprint density at radius 1 is 1.04 bits per heavy atom. The van der Waals surface area contributed by atoms with Crippen LogP contribution < -0.4 is 4.90 Å². The lowest BCUT2D eigenvalue weighted by Crippen LogP contribution is -2.42. The van der Waals surface area contributed by atoms with Crippen LogP contribution in [0.5, 0.6) is 0 Å². The van der Waals surface area contributed by atoms with Crippen molar-refractivity contribution < 1.29 is 10.0 Å². The molecule has 146 valence electrons. The van der Waals surface area contributed by atoms with Crippen LogP contribution in [0.25, 0.3) is 11.1 Å². The third-order valence-electron chi connectivity index (χ3n) is 4.47. The average molecular weight is 392 g/mol. The van der Waals surface area contributed by atoms with E-state index in [-0.39, 0.29) is 5.69 Å². The Labute approximate surface area is 165 Å². The summed E-state index contributed by atoms with van der Waals surface area (Å²) in [6.45, 7) is 8.94. The number of hydrogen-bond acceptors (Lipinski definition) is 5. The Hall–Kier alpha value is -2.15. The van der Waals surface area contributed by atoms with E-state index in [0.29, 0.717) is 5.56 Å². The number of anilines is 1. The molecule has 1 N–H and O–H groups in total. The molecular formula is C20H26ClN3O3. The summed E-state index contributed by atoms with van der Waals surface area (Å²) in [5.41, 5.74) is 3.19. The van der Waals surface area contributed by atoms with Crippen molar-refractivity contribution in [1.82, 2.24) is 4.42 Å². The van der Waals surface area contributed by atoms with Gasteiger partial charge in [0, 0.05) is 37.9 Å². The van der Waals surface area contributed by atoms with Crippen molar-refractivity contribution in [2.24, 2.45) is 0 Å². The molecule has 1 aliphatic rings. The molecular weight excluding hydrogens is 366 g/mol. The van der Waals surface area contributed by atoms with E-state index < -0.39 is 11.0 Å². The number of aliphatic hydroxyl groups is 1. The highest BCUT2D eigenvalue weighted by Gasteiger charge is 2.19. The third kappa shape index (κ3) is 5.19. The highest BCUT2D eigenvalue weighted by Crippen LogP contribution is 2.31. The van der Waals surface area contributed by atoms with E-state index in [1.165, 1.54) is 13.0 Å². The van der Waals surface area contributed by atoms with E-state index >= 15 is 0 Å². The molecule has 0 aliphatic carbocycles. The SMILES string of the molecule is CC.CC(O)c1cc(-c2ccc(N3CCN(Cl)CC3)cc2)ccc1[N+](=O)[O-]. The Bertz CT molecular complexity index is 758. The number of piperazine rings is 1. The Morgan fingerprint density at radius 3 is 2.11 bits per heavy atom. The van der Waals surface area contributed by atoms with Crippen LogP contribution in [0.1, 0.15) is 32.4 Å². The third-order valence-corrected chi connectivity index (χ3v) is 4.80. The largest absolute Gasteiger partial charge is 0.388 e. The van der Waals surface area contributed by atoms with Crippen LogP contribution in [0.4, 0.5) is 11.4 Å². The van der Waals surface area contributed by atoms with Gasteiger partial charge in [0.2, 0.25) is 0 Å². The summed E-state index contributed by atoms with van der Waals surface area (Å²) in [4.78, 5) is 12.9. The normalized spacial score (nSPS) is 15.7. The molecule has 0 saturated carbocycles. The lowest BCUT2D eigenvalue weighted by Gasteiger charge is -2.32. The fourth-order valence-electron chi connectivity index (χ4n) is 3.04. The summed E-state index contributed by atoms with van der Waals surface area (Å²) in [7, 11) is 0. The van der Waals surface area contributed by atoms with Gasteiger partial charge in [0.05, 0.1) is 16.6 Å². The van der Waals surface area contributed by atoms with Gasteiger partial charge >= 0.3 is 0 Å². The van der Waals surface area contributed by atoms with Crippen molar-refractivity contribution in [2.75, 3.05) is 31.1 Å². The number of nitro benzene ring substituents is 1. The van der Waals surface area contributed by atoms with Gasteiger partial charge in [0.25, 0.3) is 5.69 Å². The Kier molecular flexibility index (Phi) is 7.59. The van der Waals surface area contributed by atoms with Crippen LogP contribution in [0.2, 0.25) is 0 Å². The maximum Gasteiger partial charge on any atom is 0.275 e. The van der Waals surface area contributed by atoms with Crippen molar-refractivity contribution in [1.29, 1.82) is 0 Å². The number of nitrogens with zero attached hydrogens (tertiary/aromatic N) is 3. The summed E-state index contributed by atoms with van der Waals surface area (Å²) < 4.78 is 1.79. The zero-order chi connectivity index (χ0) is 20.0. The Balaban J connectivity index is 0.00000126. The van der Waals surface area contributed by atoms with Crippen molar-refractivity contribution in [3.8, 4) is 11.1 Å². The van der Waals surface area contributed by atoms with Gasteiger partial charge in [0.15, 0.2) is 0 Å². The monoisotopic (exact) mass is 391 g/mol. The van der Waals surface area contributed by atoms with Crippen LogP contribution in [0, 0.1) is 10.1 Å². The lowest BCUT2D eigenvalue weighted by atomic mass is 9.99. The highest BCUT2D eigenvalue weighted by atomic mass is 35.5. The minimum atomic E-state index is -0.897. The van der Waals surface area contributed by atoms with Crippen LogP contribution in [0.3, 0.4) is 0 Å². The second-order valence-electron chi connectivity index (χ2n) is 6.15. The summed E-state index contributed by atoms with van der Waals surface area (Å²) >= 11 is 5.99. The number of hydrogen-bond donors (Lipinski definition) is 1. The van der Waals surface area contributed by atoms with E-state index in [1.54, 1.807) is 16.6 Å². The zero-order valence-electron chi connectivity index (χ0n) is 15.9. The minimum Gasteiger partial charge on any atom is -0.388 e. The molecule has 3 rings (SSSR count). The van der Waals surface area contributed by atoms with Crippen molar-refractivity contribution in [3.63, 3.8) is 0 Å². The van der Waals surface area contributed by atoms with Crippen LogP contribution in [0.15, 0.2) is 42.5 Å². The number of nitro groups is 1. The molecule has 1 heterocycles. The first-order valence-corrected chi connectivity index (χ1v) is 9.52. The molecule has 0 aromatic heterocycles. The standard InChI is InChI=1S/C18H20ClN3O3.C2H6/c1-13(23)17-12-15(4-7-18(17)22(24)25)14-2-5-16(6-3-14)20-8-10-21(19)11-9-20;1-2/h2-7,12-13,23H,8-11H2,1H3;1-2H3. The number of aliphatic hydroxyl groups excluding tert-OH is 1. The van der Waals surface area contributed by atoms with Gasteiger partial charge in [-0.05, 0) is 54.1 Å². The molecule has 6 nitrogen and oxygen atoms in total. The van der Waals surface area contributed by atoms with Crippen molar-refractivity contribution >= 4 is 23.2 Å². The predicted octanol–water partition coefficient (Wildman–Crippen LogP) is 4.62. The summed E-state index contributed by atoms with van der Waals surface area (Å²) in [5, 5.41) is 20.9. The van der Waals surface area contributed by atoms with E-state index in [9.17, 15) is 15.2 Å². The molecule has 1 atom stereocenters. The molecule has 1 fully saturated rings. The van der Waals surface area contributed by atoms with Gasteiger partial charge in [-0.1, -0.05) is 26.0 Å². The predicted molar refractivity (Wildman–Crippen MR) is 110 cm³/mol. The number of halogens is 1. The highest BCUT2D eigenvalue weighted by molar-refractivity contribution is 6.13. The van der Waals surface area contributed by atoms with Crippen molar-refractivity contribution in [3.05, 3.63) is 58.1 Å². The molecule has 1 aliphatic heterocycles. The van der Waals surface area contributed by atoms with E-state index in [4.69, 9.17) is 11.8 Å². The Morgan fingerprint density at radius 2 is 1.59 bits per heavy atom. The second-order valence-corrected chi connectivity index (χ2v) is 6.63. The van der Waals surface area contributed by atoms with Crippen LogP contribution >= 0.6 is 11.8 Å². The van der Waals surface area contributed by atoms with Gasteiger partial charge in [-0.2, -0.15) is 0 Å². The average Bonchev–Trinajstić information content (AvgIpc) is 2.69. The molecule has 2 aromatic carbocycles. The maximum absolute atomic E-state index is 11.1. The van der Waals surface area contributed by atoms with Gasteiger partial charge in [-0.15, -0.1) is 0 Å². The molecule has 0 bridgehead atoms. The number of benzene rings is 2. The van der Waals surface area contributed by atoms with E-state index in [2.05, 4.69) is 4.90 Å². The van der Waals surface area contributed by atoms with Crippen molar-refractivity contribution in [2.45, 2.75) is 26.9 Å². The van der Waals surface area contributed by atoms with Gasteiger partial charge in [-0.25, -0.2) is 4.42 Å². The molecule has 0 amide bonds. The minimum absolute atomic E-state index is 0.0608. The molecule has 27 heavy (non-hydrogen) atoms. The summed E-state index contributed by atoms with van der Waals surface area (Å²) in [6.07, 6.45) is -0.897. The molecule has 0 radical (unpaired) electrons. The smallest absolute Gasteiger partial charge is 0.275 e. The summed E-state index contributed by atoms with van der Waals surface area (Å²) in [6, 6.07) is 12.9. The summed E-state index contributed by atoms with van der Waals surface area (Å²) in [5.74, 6) is 0. The molecule has 2 aromatic rings. The molecule has 1 saturated heterocycles. The second kappa shape index (κ2) is 9.69. The van der Waals surface area contributed by atoms with E-state index in [1.807, 2.05) is 38.1 Å². The topological polar surface area (TPSA) is 69.8 Å². The molecule has 1 unspecified atom stereocenters. The van der Waals surface area contributed by atoms with Gasteiger partial charge in [-0.3, -0.25) is 10.1 Å². The van der Waals surface area contributed by atoms with E-state index in [0.717, 1.165) is 43.0 Å². The molecule has 0 spiro atoms. The fraction of sp³-hybridized carbons (Fsp3) is 0.400. The van der Waals surface area contributed by atoms with Crippen LogP contribution in [-0.2, 0) is 0 Å². The van der Waals surface area contributed by atoms with Crippen LogP contribution in [-0.4, -0.2) is 40.6 Å². The number of rotatable bonds is 4. The first-order chi connectivity index (χ1) is 13.0. The lowest BCUT2D eigenvalue weighted by molar-refractivity contribution is -0.386. The quantitative estimate of drug-likeness (QED) is 0.468. The first-order valence-electron chi connectivity index (χ1n) is 9.18. The molecule has 7 heteroatoms. The first kappa shape index (κ1) is 21.2.